The second kappa shape index (κ2) is 16.7. The molecule has 0 fully saturated rings. The van der Waals surface area contributed by atoms with Gasteiger partial charge in [0.05, 0.1) is 22.6 Å². The minimum atomic E-state index is -4.40. The van der Waals surface area contributed by atoms with E-state index >= 15 is 0 Å². The zero-order chi connectivity index (χ0) is 35.5. The molecule has 3 rings (SSSR count). The average molecular weight is 682 g/mol. The van der Waals surface area contributed by atoms with Crippen LogP contribution in [-0.2, 0) is 37.6 Å². The van der Waals surface area contributed by atoms with E-state index in [1.54, 1.807) is 39.0 Å². The summed E-state index contributed by atoms with van der Waals surface area (Å²) in [7, 11) is -4.40. The maximum Gasteiger partial charge on any atom is 0.294 e. The maximum atomic E-state index is 12.9. The Kier molecular flexibility index (Phi) is 13.0. The first-order valence-electron chi connectivity index (χ1n) is 14.9. The van der Waals surface area contributed by atoms with Crippen molar-refractivity contribution in [3.8, 4) is 0 Å². The van der Waals surface area contributed by atoms with Gasteiger partial charge in [-0.3, -0.25) is 39.4 Å². The number of aromatic nitrogens is 1. The van der Waals surface area contributed by atoms with Crippen molar-refractivity contribution in [3.63, 3.8) is 0 Å². The van der Waals surface area contributed by atoms with Crippen molar-refractivity contribution in [1.29, 1.82) is 0 Å². The van der Waals surface area contributed by atoms with Crippen molar-refractivity contribution < 1.29 is 37.0 Å². The Morgan fingerprint density at radius 2 is 1.65 bits per heavy atom. The number of carbonyl (C=O) groups excluding carboxylic acids is 4. The van der Waals surface area contributed by atoms with Gasteiger partial charge in [-0.2, -0.15) is 13.5 Å². The van der Waals surface area contributed by atoms with Gasteiger partial charge < -0.3 is 5.32 Å². The molecule has 2 aromatic carbocycles. The van der Waals surface area contributed by atoms with Gasteiger partial charge in [0.25, 0.3) is 27.8 Å². The summed E-state index contributed by atoms with van der Waals surface area (Å²) in [5.74, 6) is -1.35. The lowest BCUT2D eigenvalue weighted by atomic mass is 10.0. The van der Waals surface area contributed by atoms with Crippen LogP contribution in [0.4, 0.5) is 5.82 Å². The zero-order valence-electron chi connectivity index (χ0n) is 27.2. The molecular formula is C32H39N7O8S. The van der Waals surface area contributed by atoms with Crippen LogP contribution in [0, 0.1) is 5.92 Å². The first kappa shape index (κ1) is 37.4. The van der Waals surface area contributed by atoms with Crippen LogP contribution in [0.3, 0.4) is 0 Å². The highest BCUT2D eigenvalue weighted by Crippen LogP contribution is 2.19. The van der Waals surface area contributed by atoms with Crippen molar-refractivity contribution in [3.05, 3.63) is 89.1 Å². The number of rotatable bonds is 14. The summed E-state index contributed by atoms with van der Waals surface area (Å²) in [6, 6.07) is 14.2. The molecule has 1 aromatic heterocycles. The normalized spacial score (nSPS) is 12.4. The number of hydrazine groups is 1. The number of hydroxylamine groups is 2. The van der Waals surface area contributed by atoms with Gasteiger partial charge in [-0.25, -0.2) is 10.0 Å². The molecule has 4 amide bonds. The fourth-order valence-corrected chi connectivity index (χ4v) is 4.94. The van der Waals surface area contributed by atoms with Crippen molar-refractivity contribution in [2.75, 3.05) is 0 Å². The Morgan fingerprint density at radius 3 is 2.23 bits per heavy atom. The van der Waals surface area contributed by atoms with Crippen molar-refractivity contribution >= 4 is 40.1 Å². The molecule has 15 nitrogen and oxygen atoms in total. The number of carbonyl (C=O) groups is 4. The molecule has 0 aliphatic heterocycles. The van der Waals surface area contributed by atoms with E-state index in [0.29, 0.717) is 18.4 Å². The van der Waals surface area contributed by atoms with Gasteiger partial charge in [-0.05, 0) is 74.6 Å². The number of azo groups is 1. The third kappa shape index (κ3) is 11.6. The summed E-state index contributed by atoms with van der Waals surface area (Å²) < 4.78 is 32.4. The first-order chi connectivity index (χ1) is 22.6. The minimum Gasteiger partial charge on any atom is -0.348 e. The summed E-state index contributed by atoms with van der Waals surface area (Å²) in [6.07, 6.45) is 2.06. The standard InChI is InChI=1S/C32H39N7O8S/c1-21(2)16-26(39(20-40)47-32(3,4)5)31(43)38-37-30(42)23-12-10-22(11-13-23)17-34-29(41)25-14-15-28(33-18-25)36-35-19-24-8-6-7-9-27(24)48(44,45)46/h6-15,18,20-21,26H,16-17,19H2,1-5H3,(H,34,41)(H,37,42)(H,38,43)(H,44,45,46)/t26-/m0/s1. The van der Waals surface area contributed by atoms with E-state index in [-0.39, 0.29) is 46.4 Å². The molecule has 1 heterocycles. The van der Waals surface area contributed by atoms with Crippen LogP contribution in [0.25, 0.3) is 0 Å². The van der Waals surface area contributed by atoms with E-state index in [4.69, 9.17) is 4.84 Å². The number of hydrogen-bond donors (Lipinski definition) is 4. The number of nitrogens with zero attached hydrogens (tertiary/aromatic N) is 4. The fourth-order valence-electron chi connectivity index (χ4n) is 4.23. The van der Waals surface area contributed by atoms with Crippen molar-refractivity contribution in [2.45, 2.75) is 70.7 Å². The van der Waals surface area contributed by atoms with Crippen LogP contribution in [0.2, 0.25) is 0 Å². The van der Waals surface area contributed by atoms with E-state index in [0.717, 1.165) is 5.06 Å². The molecule has 0 radical (unpaired) electrons. The lowest BCUT2D eigenvalue weighted by Crippen LogP contribution is -2.53. The molecule has 0 aliphatic carbocycles. The second-order valence-electron chi connectivity index (χ2n) is 12.0. The smallest absolute Gasteiger partial charge is 0.294 e. The third-order valence-electron chi connectivity index (χ3n) is 6.43. The predicted molar refractivity (Wildman–Crippen MR) is 174 cm³/mol. The summed E-state index contributed by atoms with van der Waals surface area (Å²) in [6.45, 7) is 9.08. The van der Waals surface area contributed by atoms with Crippen LogP contribution in [-0.4, -0.2) is 58.8 Å². The van der Waals surface area contributed by atoms with Crippen LogP contribution >= 0.6 is 0 Å². The molecule has 256 valence electrons. The maximum absolute atomic E-state index is 12.9. The lowest BCUT2D eigenvalue weighted by molar-refractivity contribution is -0.232. The molecule has 0 saturated carbocycles. The number of amides is 4. The summed E-state index contributed by atoms with van der Waals surface area (Å²) in [4.78, 5) is 59.3. The Morgan fingerprint density at radius 1 is 0.979 bits per heavy atom. The van der Waals surface area contributed by atoms with E-state index in [2.05, 4.69) is 31.4 Å². The highest BCUT2D eigenvalue weighted by atomic mass is 32.2. The van der Waals surface area contributed by atoms with Gasteiger partial charge in [0.2, 0.25) is 6.41 Å². The molecule has 0 spiro atoms. The molecule has 1 atom stereocenters. The molecular weight excluding hydrogens is 642 g/mol. The Hall–Kier alpha value is -5.06. The molecule has 4 N–H and O–H groups in total. The van der Waals surface area contributed by atoms with Gasteiger partial charge in [0.1, 0.15) is 6.04 Å². The fraction of sp³-hybridized carbons (Fsp3) is 0.344. The van der Waals surface area contributed by atoms with E-state index in [9.17, 15) is 32.1 Å². The van der Waals surface area contributed by atoms with E-state index < -0.39 is 39.5 Å². The van der Waals surface area contributed by atoms with Gasteiger partial charge in [0.15, 0.2) is 5.82 Å². The Balaban J connectivity index is 1.51. The van der Waals surface area contributed by atoms with Crippen molar-refractivity contribution in [2.24, 2.45) is 16.1 Å². The van der Waals surface area contributed by atoms with Gasteiger partial charge in [-0.15, -0.1) is 5.11 Å². The molecule has 48 heavy (non-hydrogen) atoms. The quantitative estimate of drug-likeness (QED) is 0.0840. The number of nitrogens with one attached hydrogen (secondary N) is 3. The molecule has 0 aliphatic rings. The van der Waals surface area contributed by atoms with Crippen molar-refractivity contribution in [1.82, 2.24) is 26.2 Å². The average Bonchev–Trinajstić information content (AvgIpc) is 3.03. The van der Waals surface area contributed by atoms with Crippen LogP contribution in [0.1, 0.15) is 72.9 Å². The summed E-state index contributed by atoms with van der Waals surface area (Å²) >= 11 is 0. The largest absolute Gasteiger partial charge is 0.348 e. The monoisotopic (exact) mass is 681 g/mol. The molecule has 3 aromatic rings. The van der Waals surface area contributed by atoms with E-state index in [1.807, 2.05) is 13.8 Å². The topological polar surface area (TPSA) is 209 Å². The molecule has 16 heteroatoms. The van der Waals surface area contributed by atoms with Crippen LogP contribution in [0.5, 0.6) is 0 Å². The number of hydrogen-bond acceptors (Lipinski definition) is 10. The Labute approximate surface area is 278 Å². The molecule has 0 saturated heterocycles. The lowest BCUT2D eigenvalue weighted by Gasteiger charge is -2.32. The number of benzene rings is 2. The predicted octanol–water partition coefficient (Wildman–Crippen LogP) is 3.91. The van der Waals surface area contributed by atoms with Gasteiger partial charge in [0, 0.05) is 18.3 Å². The SMILES string of the molecule is CC(C)C[C@@H](C(=O)NNC(=O)c1ccc(CNC(=O)c2ccc(N=NCc3ccccc3S(=O)(=O)O)nc2)cc1)N(C=O)OC(C)(C)C. The number of pyridine rings is 1. The van der Waals surface area contributed by atoms with E-state index in [1.165, 1.54) is 48.7 Å². The van der Waals surface area contributed by atoms with Crippen LogP contribution < -0.4 is 16.2 Å². The molecule has 0 unspecified atom stereocenters. The zero-order valence-corrected chi connectivity index (χ0v) is 28.0. The Bertz CT molecular complexity index is 1720. The third-order valence-corrected chi connectivity index (χ3v) is 7.38. The highest BCUT2D eigenvalue weighted by molar-refractivity contribution is 7.85. The summed E-state index contributed by atoms with van der Waals surface area (Å²) in [5.41, 5.74) is 5.47. The first-order valence-corrected chi connectivity index (χ1v) is 16.3. The van der Waals surface area contributed by atoms with Crippen LogP contribution in [0.15, 0.2) is 82.0 Å². The van der Waals surface area contributed by atoms with Gasteiger partial charge >= 0.3 is 0 Å². The second-order valence-corrected chi connectivity index (χ2v) is 13.4. The highest BCUT2D eigenvalue weighted by Gasteiger charge is 2.30. The minimum absolute atomic E-state index is 0.0570. The summed E-state index contributed by atoms with van der Waals surface area (Å²) in [5, 5.41) is 11.6. The molecule has 0 bridgehead atoms. The van der Waals surface area contributed by atoms with Gasteiger partial charge in [-0.1, -0.05) is 44.2 Å².